The third-order valence-corrected chi connectivity index (χ3v) is 4.80. The van der Waals surface area contributed by atoms with Crippen LogP contribution in [0.25, 0.3) is 10.9 Å². The maximum atomic E-state index is 13.9. The van der Waals surface area contributed by atoms with Crippen LogP contribution in [0, 0.1) is 6.92 Å². The number of aryl methyl sites for hydroxylation is 1. The Morgan fingerprint density at radius 1 is 1.12 bits per heavy atom. The van der Waals surface area contributed by atoms with Crippen molar-refractivity contribution in [2.45, 2.75) is 38.2 Å². The molecule has 1 aromatic carbocycles. The van der Waals surface area contributed by atoms with Crippen LogP contribution in [0.1, 0.15) is 24.8 Å². The minimum atomic E-state index is -2.66. The molecule has 4 nitrogen and oxygen atoms in total. The maximum Gasteiger partial charge on any atom is 0.267 e. The monoisotopic (exact) mass is 354 g/mol. The Labute approximate surface area is 150 Å². The minimum absolute atomic E-state index is 0.0546. The fourth-order valence-electron chi connectivity index (χ4n) is 3.31. The van der Waals surface area contributed by atoms with Crippen molar-refractivity contribution in [3.05, 3.63) is 54.2 Å². The Balaban J connectivity index is 1.57. The second-order valence-electron chi connectivity index (χ2n) is 6.75. The predicted octanol–water partition coefficient (Wildman–Crippen LogP) is 5.28. The highest BCUT2D eigenvalue weighted by Crippen LogP contribution is 2.37. The average Bonchev–Trinajstić information content (AvgIpc) is 2.96. The average molecular weight is 354 g/mol. The van der Waals surface area contributed by atoms with E-state index in [0.717, 1.165) is 16.5 Å². The third kappa shape index (κ3) is 3.31. The fraction of sp³-hybridized carbons (Fsp3) is 0.300. The highest BCUT2D eigenvalue weighted by atomic mass is 19.3. The second kappa shape index (κ2) is 6.52. The number of nitrogens with zero attached hydrogens (tertiary/aromatic N) is 2. The molecule has 1 aliphatic carbocycles. The smallest absolute Gasteiger partial charge is 0.267 e. The van der Waals surface area contributed by atoms with Gasteiger partial charge >= 0.3 is 0 Å². The maximum absolute atomic E-state index is 13.9. The van der Waals surface area contributed by atoms with Crippen molar-refractivity contribution in [3.63, 3.8) is 0 Å². The summed E-state index contributed by atoms with van der Waals surface area (Å²) in [4.78, 5) is 8.90. The molecule has 26 heavy (non-hydrogen) atoms. The number of benzene rings is 1. The first-order valence-corrected chi connectivity index (χ1v) is 8.75. The molecule has 1 aliphatic rings. The van der Waals surface area contributed by atoms with E-state index in [1.54, 1.807) is 12.3 Å². The van der Waals surface area contributed by atoms with Crippen molar-refractivity contribution < 1.29 is 8.78 Å². The molecule has 2 N–H and O–H groups in total. The summed E-state index contributed by atoms with van der Waals surface area (Å²) in [5.41, 5.74) is 2.40. The number of nitrogens with one attached hydrogen (secondary N) is 2. The van der Waals surface area contributed by atoms with Gasteiger partial charge in [0, 0.05) is 29.8 Å². The van der Waals surface area contributed by atoms with Gasteiger partial charge in [0.25, 0.3) is 5.92 Å². The number of para-hydroxylation sites is 1. The number of aromatic nitrogens is 2. The van der Waals surface area contributed by atoms with Gasteiger partial charge in [0.05, 0.1) is 11.6 Å². The van der Waals surface area contributed by atoms with Crippen molar-refractivity contribution in [1.82, 2.24) is 9.97 Å². The molecule has 0 spiro atoms. The lowest BCUT2D eigenvalue weighted by Crippen LogP contribution is -2.34. The summed E-state index contributed by atoms with van der Waals surface area (Å²) < 4.78 is 27.8. The quantitative estimate of drug-likeness (QED) is 0.669. The summed E-state index contributed by atoms with van der Waals surface area (Å²) in [5.74, 6) is -1.43. The van der Waals surface area contributed by atoms with Gasteiger partial charge in [-0.2, -0.15) is 0 Å². The number of anilines is 3. The molecular weight excluding hydrogens is 334 g/mol. The van der Waals surface area contributed by atoms with Crippen LogP contribution in [-0.2, 0) is 0 Å². The van der Waals surface area contributed by atoms with Gasteiger partial charge in [-0.05, 0) is 43.5 Å². The van der Waals surface area contributed by atoms with E-state index in [1.807, 2.05) is 43.3 Å². The molecule has 1 saturated carbocycles. The Morgan fingerprint density at radius 3 is 2.77 bits per heavy atom. The van der Waals surface area contributed by atoms with Crippen molar-refractivity contribution >= 4 is 28.2 Å². The first-order chi connectivity index (χ1) is 12.5. The number of pyridine rings is 2. The van der Waals surface area contributed by atoms with Gasteiger partial charge in [-0.25, -0.2) is 18.7 Å². The molecule has 1 atom stereocenters. The van der Waals surface area contributed by atoms with Gasteiger partial charge in [-0.3, -0.25) is 0 Å². The van der Waals surface area contributed by atoms with Crippen molar-refractivity contribution in [2.24, 2.45) is 0 Å². The van der Waals surface area contributed by atoms with E-state index >= 15 is 0 Å². The zero-order valence-corrected chi connectivity index (χ0v) is 14.5. The summed E-state index contributed by atoms with van der Waals surface area (Å²) in [5, 5.41) is 7.22. The number of halogens is 2. The molecule has 0 saturated heterocycles. The Morgan fingerprint density at radius 2 is 1.96 bits per heavy atom. The van der Waals surface area contributed by atoms with E-state index in [2.05, 4.69) is 20.6 Å². The standard InChI is InChI=1S/C20H20F2N4/c1-13-12-23-19(11-16(13)24-17-7-4-10-20(17,21)22)26-18-9-8-14-5-2-3-6-15(14)25-18/h2-3,5-6,8-9,11-12,17H,4,7,10H2,1H3,(H2,23,24,25,26). The van der Waals surface area contributed by atoms with E-state index < -0.39 is 12.0 Å². The second-order valence-corrected chi connectivity index (χ2v) is 6.75. The minimum Gasteiger partial charge on any atom is -0.376 e. The Kier molecular flexibility index (Phi) is 4.18. The summed E-state index contributed by atoms with van der Waals surface area (Å²) in [6.45, 7) is 1.86. The molecule has 0 bridgehead atoms. The molecule has 3 aromatic rings. The molecule has 0 aliphatic heterocycles. The van der Waals surface area contributed by atoms with Crippen LogP contribution in [0.4, 0.5) is 26.1 Å². The van der Waals surface area contributed by atoms with Crippen molar-refractivity contribution in [2.75, 3.05) is 10.6 Å². The molecular formula is C20H20F2N4. The number of rotatable bonds is 4. The van der Waals surface area contributed by atoms with Crippen LogP contribution >= 0.6 is 0 Å². The molecule has 134 valence electrons. The lowest BCUT2D eigenvalue weighted by atomic mass is 10.1. The summed E-state index contributed by atoms with van der Waals surface area (Å²) in [7, 11) is 0. The Hall–Kier alpha value is -2.76. The van der Waals surface area contributed by atoms with E-state index in [9.17, 15) is 8.78 Å². The summed E-state index contributed by atoms with van der Waals surface area (Å²) in [6.07, 6.45) is 2.64. The van der Waals surface area contributed by atoms with Crippen LogP contribution in [0.5, 0.6) is 0 Å². The SMILES string of the molecule is Cc1cnc(Nc2ccc3ccccc3n2)cc1NC1CCCC1(F)F. The molecule has 2 heterocycles. The third-order valence-electron chi connectivity index (χ3n) is 4.80. The lowest BCUT2D eigenvalue weighted by Gasteiger charge is -2.22. The molecule has 1 fully saturated rings. The van der Waals surface area contributed by atoms with Gasteiger partial charge in [-0.15, -0.1) is 0 Å². The first-order valence-electron chi connectivity index (χ1n) is 8.75. The summed E-state index contributed by atoms with van der Waals surface area (Å²) >= 11 is 0. The lowest BCUT2D eigenvalue weighted by molar-refractivity contribution is -0.000597. The molecule has 2 aromatic heterocycles. The van der Waals surface area contributed by atoms with Crippen molar-refractivity contribution in [3.8, 4) is 0 Å². The normalized spacial score (nSPS) is 18.8. The molecule has 0 amide bonds. The van der Waals surface area contributed by atoms with Crippen molar-refractivity contribution in [1.29, 1.82) is 0 Å². The largest absolute Gasteiger partial charge is 0.376 e. The molecule has 4 rings (SSSR count). The van der Waals surface area contributed by atoms with Crippen LogP contribution in [-0.4, -0.2) is 21.9 Å². The summed E-state index contributed by atoms with van der Waals surface area (Å²) in [6, 6.07) is 12.6. The fourth-order valence-corrected chi connectivity index (χ4v) is 3.31. The zero-order valence-electron chi connectivity index (χ0n) is 14.5. The predicted molar refractivity (Wildman–Crippen MR) is 100 cm³/mol. The zero-order chi connectivity index (χ0) is 18.1. The molecule has 6 heteroatoms. The highest BCUT2D eigenvalue weighted by Gasteiger charge is 2.43. The number of alkyl halides is 2. The van der Waals surface area contributed by atoms with E-state index in [1.165, 1.54) is 0 Å². The number of hydrogen-bond donors (Lipinski definition) is 2. The highest BCUT2D eigenvalue weighted by molar-refractivity contribution is 5.80. The van der Waals surface area contributed by atoms with E-state index in [0.29, 0.717) is 30.2 Å². The van der Waals surface area contributed by atoms with E-state index in [-0.39, 0.29) is 6.42 Å². The van der Waals surface area contributed by atoms with Crippen LogP contribution < -0.4 is 10.6 Å². The first kappa shape index (κ1) is 16.7. The van der Waals surface area contributed by atoms with Gasteiger partial charge in [0.2, 0.25) is 0 Å². The van der Waals surface area contributed by atoms with Gasteiger partial charge in [0.1, 0.15) is 11.6 Å². The van der Waals surface area contributed by atoms with Crippen LogP contribution in [0.15, 0.2) is 48.7 Å². The van der Waals surface area contributed by atoms with Crippen LogP contribution in [0.2, 0.25) is 0 Å². The number of hydrogen-bond acceptors (Lipinski definition) is 4. The number of fused-ring (bicyclic) bond motifs is 1. The van der Waals surface area contributed by atoms with Crippen LogP contribution in [0.3, 0.4) is 0 Å². The molecule has 1 unspecified atom stereocenters. The van der Waals surface area contributed by atoms with Gasteiger partial charge in [0.15, 0.2) is 0 Å². The van der Waals surface area contributed by atoms with E-state index in [4.69, 9.17) is 0 Å². The Bertz CT molecular complexity index is 942. The van der Waals surface area contributed by atoms with Gasteiger partial charge in [-0.1, -0.05) is 18.2 Å². The molecule has 0 radical (unpaired) electrons. The van der Waals surface area contributed by atoms with Gasteiger partial charge < -0.3 is 10.6 Å². The topological polar surface area (TPSA) is 49.8 Å².